The third kappa shape index (κ3) is 4.28. The van der Waals surface area contributed by atoms with Gasteiger partial charge >= 0.3 is 0 Å². The van der Waals surface area contributed by atoms with Gasteiger partial charge in [-0.15, -0.1) is 11.8 Å². The first-order chi connectivity index (χ1) is 19.8. The van der Waals surface area contributed by atoms with E-state index >= 15 is 0 Å². The zero-order valence-electron chi connectivity index (χ0n) is 22.9. The molecule has 2 fully saturated rings. The maximum absolute atomic E-state index is 14.4. The van der Waals surface area contributed by atoms with E-state index in [-0.39, 0.29) is 37.4 Å². The molecule has 10 heteroatoms. The third-order valence-corrected chi connectivity index (χ3v) is 10.6. The highest BCUT2D eigenvalue weighted by molar-refractivity contribution is 8.02. The Hall–Kier alpha value is -3.27. The van der Waals surface area contributed by atoms with Crippen LogP contribution in [0.5, 0.6) is 5.75 Å². The Morgan fingerprint density at radius 3 is 2.37 bits per heavy atom. The van der Waals surface area contributed by atoms with Crippen molar-refractivity contribution >= 4 is 52.5 Å². The van der Waals surface area contributed by atoms with Crippen molar-refractivity contribution in [3.8, 4) is 5.75 Å². The molecular weight excluding hydrogens is 562 g/mol. The first-order valence-electron chi connectivity index (χ1n) is 13.8. The van der Waals surface area contributed by atoms with Crippen LogP contribution in [0.15, 0.2) is 72.8 Å². The van der Waals surface area contributed by atoms with Gasteiger partial charge in [0.25, 0.3) is 5.91 Å². The summed E-state index contributed by atoms with van der Waals surface area (Å²) in [4.78, 5) is 47.9. The van der Waals surface area contributed by atoms with Gasteiger partial charge in [-0.25, -0.2) is 0 Å². The number of aliphatic hydroxyl groups excluding tert-OH is 1. The molecule has 2 aromatic rings. The van der Waals surface area contributed by atoms with Crippen LogP contribution in [0.25, 0.3) is 0 Å². The minimum absolute atomic E-state index is 0.00563. The highest BCUT2D eigenvalue weighted by Crippen LogP contribution is 2.65. The van der Waals surface area contributed by atoms with E-state index in [0.717, 1.165) is 0 Å². The molecular formula is C31H32ClN3O5S. The smallest absolute Gasteiger partial charge is 0.251 e. The molecule has 1 N–H and O–H groups in total. The number of nitrogens with zero attached hydrogens (tertiary/aromatic N) is 3. The minimum atomic E-state index is -0.999. The second kappa shape index (κ2) is 10.5. The number of rotatable bonds is 6. The minimum Gasteiger partial charge on any atom is -0.494 e. The van der Waals surface area contributed by atoms with Crippen molar-refractivity contribution in [1.29, 1.82) is 0 Å². The lowest BCUT2D eigenvalue weighted by atomic mass is 9.74. The first kappa shape index (κ1) is 27.9. The average molecular weight is 594 g/mol. The number of hydrogen-bond acceptors (Lipinski definition) is 6. The number of carbonyl (C=O) groups excluding carboxylic acids is 3. The number of aliphatic hydroxyl groups is 1. The fraction of sp³-hybridized carbons (Fsp3) is 0.387. The lowest BCUT2D eigenvalue weighted by Gasteiger charge is -2.36. The standard InChI is InChI=1S/C31H32ClN3O5S/c1-3-40-21-12-10-20(11-13-21)33-16-6-14-30(2)24(27(33)37)25-28(38)35(18-19-36)26-29(39)34(17-7-15-31(25,26)41-30)23-9-5-4-8-22(23)32/h4-15,24-26,36H,3,16-19H2,1-2H3/t24-,25+,26?,30+,31+/m1/s1. The number of hydrogen-bond donors (Lipinski definition) is 1. The Labute approximate surface area is 248 Å². The summed E-state index contributed by atoms with van der Waals surface area (Å²) in [6, 6.07) is 13.6. The quantitative estimate of drug-likeness (QED) is 0.511. The second-order valence-corrected chi connectivity index (χ2v) is 13.0. The van der Waals surface area contributed by atoms with Crippen LogP contribution in [0.1, 0.15) is 13.8 Å². The Morgan fingerprint density at radius 1 is 0.951 bits per heavy atom. The van der Waals surface area contributed by atoms with Gasteiger partial charge < -0.3 is 24.5 Å². The molecule has 1 spiro atoms. The summed E-state index contributed by atoms with van der Waals surface area (Å²) in [6.07, 6.45) is 7.86. The maximum Gasteiger partial charge on any atom is 0.251 e. The molecule has 4 heterocycles. The molecule has 0 aromatic heterocycles. The van der Waals surface area contributed by atoms with E-state index < -0.39 is 27.4 Å². The molecule has 0 aliphatic carbocycles. The van der Waals surface area contributed by atoms with Crippen LogP contribution in [-0.4, -0.2) is 76.1 Å². The molecule has 0 bridgehead atoms. The lowest BCUT2D eigenvalue weighted by Crippen LogP contribution is -2.54. The Bertz CT molecular complexity index is 1450. The number of likely N-dealkylation sites (tertiary alicyclic amines) is 1. The van der Waals surface area contributed by atoms with Crippen molar-refractivity contribution in [3.63, 3.8) is 0 Å². The fourth-order valence-corrected chi connectivity index (χ4v) is 9.27. The number of thioether (sulfide) groups is 1. The molecule has 5 atom stereocenters. The largest absolute Gasteiger partial charge is 0.494 e. The van der Waals surface area contributed by atoms with Crippen molar-refractivity contribution in [2.75, 3.05) is 42.6 Å². The molecule has 0 radical (unpaired) electrons. The zero-order chi connectivity index (χ0) is 28.9. The monoisotopic (exact) mass is 593 g/mol. The van der Waals surface area contributed by atoms with Crippen molar-refractivity contribution in [2.45, 2.75) is 29.4 Å². The molecule has 41 heavy (non-hydrogen) atoms. The predicted molar refractivity (Wildman–Crippen MR) is 160 cm³/mol. The number of para-hydroxylation sites is 1. The van der Waals surface area contributed by atoms with Crippen LogP contribution in [0, 0.1) is 11.8 Å². The van der Waals surface area contributed by atoms with E-state index in [9.17, 15) is 19.5 Å². The summed E-state index contributed by atoms with van der Waals surface area (Å²) in [5, 5.41) is 10.4. The van der Waals surface area contributed by atoms with Crippen LogP contribution in [-0.2, 0) is 14.4 Å². The van der Waals surface area contributed by atoms with Gasteiger partial charge in [0.1, 0.15) is 11.8 Å². The molecule has 2 saturated heterocycles. The van der Waals surface area contributed by atoms with E-state index in [1.54, 1.807) is 28.0 Å². The van der Waals surface area contributed by atoms with Gasteiger partial charge in [0.05, 0.1) is 40.5 Å². The van der Waals surface area contributed by atoms with E-state index in [4.69, 9.17) is 16.3 Å². The van der Waals surface area contributed by atoms with Gasteiger partial charge in [0.15, 0.2) is 0 Å². The topological polar surface area (TPSA) is 90.4 Å². The highest BCUT2D eigenvalue weighted by Gasteiger charge is 2.74. The van der Waals surface area contributed by atoms with Gasteiger partial charge in [0, 0.05) is 30.1 Å². The second-order valence-electron chi connectivity index (χ2n) is 10.8. The molecule has 4 aliphatic rings. The summed E-state index contributed by atoms with van der Waals surface area (Å²) in [7, 11) is 0. The van der Waals surface area contributed by atoms with Crippen molar-refractivity contribution in [1.82, 2.24) is 4.90 Å². The number of ether oxygens (including phenoxy) is 1. The number of anilines is 2. The Morgan fingerprint density at radius 2 is 1.66 bits per heavy atom. The normalized spacial score (nSPS) is 30.7. The number of carbonyl (C=O) groups is 3. The Balaban J connectivity index is 1.43. The van der Waals surface area contributed by atoms with Gasteiger partial charge in [0.2, 0.25) is 11.8 Å². The maximum atomic E-state index is 14.4. The van der Waals surface area contributed by atoms with Crippen LogP contribution in [0.4, 0.5) is 11.4 Å². The third-order valence-electron chi connectivity index (χ3n) is 8.50. The Kier molecular flexibility index (Phi) is 7.16. The zero-order valence-corrected chi connectivity index (χ0v) is 24.5. The van der Waals surface area contributed by atoms with Crippen molar-refractivity contribution < 1.29 is 24.2 Å². The SMILES string of the molecule is CCOc1ccc(N2CC=C[C@]3(C)S[C@]45C=CCN(c6ccccc6Cl)C(=O)C4N(CCO)C(=O)[C@@H]5[C@@H]3C2=O)cc1. The molecule has 4 aliphatic heterocycles. The van der Waals surface area contributed by atoms with E-state index in [0.29, 0.717) is 35.3 Å². The molecule has 0 saturated carbocycles. The fourth-order valence-electron chi connectivity index (χ4n) is 6.88. The van der Waals surface area contributed by atoms with Gasteiger partial charge in [-0.3, -0.25) is 14.4 Å². The van der Waals surface area contributed by atoms with Gasteiger partial charge in [-0.05, 0) is 50.2 Å². The lowest BCUT2D eigenvalue weighted by molar-refractivity contribution is -0.139. The molecule has 3 amide bonds. The summed E-state index contributed by atoms with van der Waals surface area (Å²) >= 11 is 8.01. The molecule has 2 aromatic carbocycles. The number of β-amino-alcohol motifs (C(OH)–C–C–N with tert-alkyl or cyclic N) is 1. The summed E-state index contributed by atoms with van der Waals surface area (Å²) in [5.41, 5.74) is 1.27. The number of amides is 3. The van der Waals surface area contributed by atoms with E-state index in [1.165, 1.54) is 16.7 Å². The van der Waals surface area contributed by atoms with Gasteiger partial charge in [-0.1, -0.05) is 48.0 Å². The van der Waals surface area contributed by atoms with Crippen molar-refractivity contribution in [3.05, 3.63) is 77.9 Å². The molecule has 8 nitrogen and oxygen atoms in total. The number of benzene rings is 2. The number of halogens is 1. The van der Waals surface area contributed by atoms with Crippen LogP contribution >= 0.6 is 23.4 Å². The van der Waals surface area contributed by atoms with Crippen molar-refractivity contribution in [2.24, 2.45) is 11.8 Å². The summed E-state index contributed by atoms with van der Waals surface area (Å²) in [5.74, 6) is -1.53. The predicted octanol–water partition coefficient (Wildman–Crippen LogP) is 3.92. The van der Waals surface area contributed by atoms with Gasteiger partial charge in [-0.2, -0.15) is 0 Å². The molecule has 214 valence electrons. The summed E-state index contributed by atoms with van der Waals surface area (Å²) < 4.78 is 3.85. The summed E-state index contributed by atoms with van der Waals surface area (Å²) in [6.45, 7) is 4.78. The number of fused-ring (bicyclic) bond motifs is 2. The van der Waals surface area contributed by atoms with Crippen LogP contribution < -0.4 is 14.5 Å². The van der Waals surface area contributed by atoms with Crippen LogP contribution in [0.2, 0.25) is 5.02 Å². The average Bonchev–Trinajstić information content (AvgIpc) is 3.21. The first-order valence-corrected chi connectivity index (χ1v) is 15.0. The highest BCUT2D eigenvalue weighted by atomic mass is 35.5. The van der Waals surface area contributed by atoms with E-state index in [2.05, 4.69) is 0 Å². The molecule has 1 unspecified atom stereocenters. The van der Waals surface area contributed by atoms with Crippen LogP contribution in [0.3, 0.4) is 0 Å². The van der Waals surface area contributed by atoms with E-state index in [1.807, 2.05) is 68.5 Å². The molecule has 6 rings (SSSR count).